The van der Waals surface area contributed by atoms with E-state index in [1.165, 1.54) is 38.5 Å². The van der Waals surface area contributed by atoms with E-state index in [9.17, 15) is 4.79 Å². The Morgan fingerprint density at radius 1 is 1.00 bits per heavy atom. The summed E-state index contributed by atoms with van der Waals surface area (Å²) in [5.41, 5.74) is 0. The number of carbonyl (C=O) groups excluding carboxylic acids is 1. The molecule has 0 spiro atoms. The monoisotopic (exact) mass is 304 g/mol. The molecule has 1 amide bonds. The van der Waals surface area contributed by atoms with E-state index in [1.807, 2.05) is 0 Å². The van der Waals surface area contributed by atoms with Gasteiger partial charge in [0.25, 0.3) is 0 Å². The Bertz CT molecular complexity index is 263. The molecule has 1 aliphatic carbocycles. The van der Waals surface area contributed by atoms with Crippen LogP contribution in [0.2, 0.25) is 0 Å². The van der Waals surface area contributed by atoms with E-state index < -0.39 is 0 Å². The molecule has 2 aliphatic rings. The van der Waals surface area contributed by atoms with Crippen molar-refractivity contribution in [1.82, 2.24) is 10.6 Å². The Hall–Kier alpha value is -0.320. The Kier molecular flexibility index (Phi) is 9.23. The Morgan fingerprint density at radius 3 is 2.40 bits per heavy atom. The van der Waals surface area contributed by atoms with E-state index in [0.717, 1.165) is 32.5 Å². The Labute approximate surface area is 128 Å². The third kappa shape index (κ3) is 6.42. The molecular weight excluding hydrogens is 276 g/mol. The lowest BCUT2D eigenvalue weighted by molar-refractivity contribution is -0.128. The second-order valence-corrected chi connectivity index (χ2v) is 5.85. The Morgan fingerprint density at radius 2 is 1.75 bits per heavy atom. The normalized spacial score (nSPS) is 24.5. The van der Waals surface area contributed by atoms with Gasteiger partial charge in [-0.3, -0.25) is 4.79 Å². The molecule has 4 nitrogen and oxygen atoms in total. The lowest BCUT2D eigenvalue weighted by Gasteiger charge is -2.22. The van der Waals surface area contributed by atoms with Crippen LogP contribution in [0.15, 0.2) is 0 Å². The molecule has 2 fully saturated rings. The number of amides is 1. The van der Waals surface area contributed by atoms with Gasteiger partial charge in [0.1, 0.15) is 0 Å². The topological polar surface area (TPSA) is 50.4 Å². The van der Waals surface area contributed by atoms with E-state index in [-0.39, 0.29) is 24.2 Å². The summed E-state index contributed by atoms with van der Waals surface area (Å²) in [6, 6.07) is 0.664. The summed E-state index contributed by atoms with van der Waals surface area (Å²) in [5, 5.41) is 6.60. The highest BCUT2D eigenvalue weighted by molar-refractivity contribution is 5.85. The first kappa shape index (κ1) is 17.7. The van der Waals surface area contributed by atoms with Gasteiger partial charge in [0, 0.05) is 25.7 Å². The largest absolute Gasteiger partial charge is 0.381 e. The van der Waals surface area contributed by atoms with Crippen molar-refractivity contribution in [1.29, 1.82) is 0 Å². The molecule has 0 bridgehead atoms. The number of nitrogens with one attached hydrogen (secondary N) is 2. The van der Waals surface area contributed by atoms with Crippen LogP contribution >= 0.6 is 12.4 Å². The summed E-state index contributed by atoms with van der Waals surface area (Å²) in [5.74, 6) is 0.244. The van der Waals surface area contributed by atoms with Crippen molar-refractivity contribution in [3.63, 3.8) is 0 Å². The predicted octanol–water partition coefficient (Wildman–Crippen LogP) is 2.26. The molecule has 118 valence electrons. The van der Waals surface area contributed by atoms with Crippen LogP contribution in [0.5, 0.6) is 0 Å². The van der Waals surface area contributed by atoms with Crippen molar-refractivity contribution in [2.24, 2.45) is 5.92 Å². The van der Waals surface area contributed by atoms with Gasteiger partial charge in [-0.25, -0.2) is 0 Å². The van der Waals surface area contributed by atoms with Crippen molar-refractivity contribution in [2.45, 2.75) is 57.4 Å². The summed E-state index contributed by atoms with van der Waals surface area (Å²) in [6.07, 6.45) is 10.1. The van der Waals surface area contributed by atoms with E-state index >= 15 is 0 Å². The summed E-state index contributed by atoms with van der Waals surface area (Å²) in [4.78, 5) is 11.9. The first-order chi connectivity index (χ1) is 9.36. The van der Waals surface area contributed by atoms with E-state index in [1.54, 1.807) is 0 Å². The van der Waals surface area contributed by atoms with Crippen molar-refractivity contribution in [3.8, 4) is 0 Å². The molecule has 0 aromatic rings. The highest BCUT2D eigenvalue weighted by Gasteiger charge is 2.21. The van der Waals surface area contributed by atoms with Gasteiger partial charge < -0.3 is 15.4 Å². The standard InChI is InChI=1S/C15H28N2O2.ClH/c18-15(13-6-5-11-19-12-13)17-10-9-16-14-7-3-1-2-4-8-14;/h13-14,16H,1-12H2,(H,17,18);1H. The van der Waals surface area contributed by atoms with E-state index in [4.69, 9.17) is 4.74 Å². The maximum absolute atomic E-state index is 11.9. The number of hydrogen-bond acceptors (Lipinski definition) is 3. The van der Waals surface area contributed by atoms with Gasteiger partial charge in [0.15, 0.2) is 0 Å². The Balaban J connectivity index is 0.00000200. The second kappa shape index (κ2) is 10.4. The van der Waals surface area contributed by atoms with Crippen molar-refractivity contribution in [3.05, 3.63) is 0 Å². The lowest BCUT2D eigenvalue weighted by Crippen LogP contribution is -2.40. The SMILES string of the molecule is Cl.O=C(NCCNC1CCCCCC1)C1CCCOC1. The third-order valence-corrected chi connectivity index (χ3v) is 4.24. The van der Waals surface area contributed by atoms with E-state index in [0.29, 0.717) is 12.6 Å². The van der Waals surface area contributed by atoms with Crippen LogP contribution in [0.4, 0.5) is 0 Å². The minimum absolute atomic E-state index is 0. The van der Waals surface area contributed by atoms with Gasteiger partial charge in [-0.15, -0.1) is 12.4 Å². The molecule has 20 heavy (non-hydrogen) atoms. The quantitative estimate of drug-likeness (QED) is 0.605. The zero-order valence-electron chi connectivity index (χ0n) is 12.4. The van der Waals surface area contributed by atoms with Crippen LogP contribution in [0.1, 0.15) is 51.4 Å². The zero-order valence-corrected chi connectivity index (χ0v) is 13.2. The van der Waals surface area contributed by atoms with Gasteiger partial charge >= 0.3 is 0 Å². The summed E-state index contributed by atoms with van der Waals surface area (Å²) in [6.45, 7) is 3.05. The fourth-order valence-corrected chi connectivity index (χ4v) is 3.04. The molecule has 0 aromatic carbocycles. The molecule has 5 heteroatoms. The molecule has 0 radical (unpaired) electrons. The van der Waals surface area contributed by atoms with Crippen molar-refractivity contribution >= 4 is 18.3 Å². The van der Waals surface area contributed by atoms with Gasteiger partial charge in [0.2, 0.25) is 5.91 Å². The van der Waals surface area contributed by atoms with E-state index in [2.05, 4.69) is 10.6 Å². The maximum atomic E-state index is 11.9. The first-order valence-corrected chi connectivity index (χ1v) is 7.95. The van der Waals surface area contributed by atoms with Crippen molar-refractivity contribution < 1.29 is 9.53 Å². The molecule has 1 saturated carbocycles. The molecule has 2 N–H and O–H groups in total. The highest BCUT2D eigenvalue weighted by atomic mass is 35.5. The molecule has 1 atom stereocenters. The molecule has 1 aliphatic heterocycles. The number of carbonyl (C=O) groups is 1. The number of halogens is 1. The predicted molar refractivity (Wildman–Crippen MR) is 83.3 cm³/mol. The number of ether oxygens (including phenoxy) is 1. The van der Waals surface area contributed by atoms with Gasteiger partial charge in [-0.1, -0.05) is 25.7 Å². The van der Waals surface area contributed by atoms with Gasteiger partial charge in [-0.2, -0.15) is 0 Å². The minimum atomic E-state index is 0. The molecule has 1 unspecified atom stereocenters. The minimum Gasteiger partial charge on any atom is -0.381 e. The lowest BCUT2D eigenvalue weighted by atomic mass is 10.0. The summed E-state index contributed by atoms with van der Waals surface area (Å²) in [7, 11) is 0. The van der Waals surface area contributed by atoms with Gasteiger partial charge in [0.05, 0.1) is 12.5 Å². The number of hydrogen-bond donors (Lipinski definition) is 2. The molecular formula is C15H29ClN2O2. The number of rotatable bonds is 5. The van der Waals surface area contributed by atoms with Crippen LogP contribution < -0.4 is 10.6 Å². The molecule has 2 rings (SSSR count). The van der Waals surface area contributed by atoms with Crippen LogP contribution in [-0.4, -0.2) is 38.3 Å². The highest BCUT2D eigenvalue weighted by Crippen LogP contribution is 2.17. The fourth-order valence-electron chi connectivity index (χ4n) is 3.04. The fraction of sp³-hybridized carbons (Fsp3) is 0.933. The summed E-state index contributed by atoms with van der Waals surface area (Å²) < 4.78 is 5.34. The average Bonchev–Trinajstić information content (AvgIpc) is 2.73. The third-order valence-electron chi connectivity index (χ3n) is 4.24. The maximum Gasteiger partial charge on any atom is 0.225 e. The summed E-state index contributed by atoms with van der Waals surface area (Å²) >= 11 is 0. The molecule has 1 heterocycles. The second-order valence-electron chi connectivity index (χ2n) is 5.85. The van der Waals surface area contributed by atoms with Crippen LogP contribution in [0.25, 0.3) is 0 Å². The first-order valence-electron chi connectivity index (χ1n) is 7.95. The van der Waals surface area contributed by atoms with Crippen LogP contribution in [0, 0.1) is 5.92 Å². The van der Waals surface area contributed by atoms with Crippen LogP contribution in [-0.2, 0) is 9.53 Å². The molecule has 0 aromatic heterocycles. The zero-order chi connectivity index (χ0) is 13.3. The van der Waals surface area contributed by atoms with Crippen molar-refractivity contribution in [2.75, 3.05) is 26.3 Å². The molecule has 1 saturated heterocycles. The average molecular weight is 305 g/mol. The van der Waals surface area contributed by atoms with Gasteiger partial charge in [-0.05, 0) is 25.7 Å². The smallest absolute Gasteiger partial charge is 0.225 e. The van der Waals surface area contributed by atoms with Crippen LogP contribution in [0.3, 0.4) is 0 Å².